The van der Waals surface area contributed by atoms with E-state index in [1.165, 1.54) is 5.56 Å². The lowest BCUT2D eigenvalue weighted by molar-refractivity contribution is -0.127. The van der Waals surface area contributed by atoms with Crippen molar-refractivity contribution in [3.63, 3.8) is 0 Å². The van der Waals surface area contributed by atoms with Gasteiger partial charge in [-0.2, -0.15) is 0 Å². The van der Waals surface area contributed by atoms with Gasteiger partial charge in [-0.05, 0) is 43.6 Å². The SMILES string of the molecule is CCC(CO)NC(=O)C1CCC(c2ccccc2)CC1. The smallest absolute Gasteiger partial charge is 0.223 e. The molecule has 110 valence electrons. The molecule has 1 aliphatic rings. The third-order valence-corrected chi connectivity index (χ3v) is 4.43. The number of hydrogen-bond donors (Lipinski definition) is 2. The van der Waals surface area contributed by atoms with Gasteiger partial charge in [-0.25, -0.2) is 0 Å². The number of nitrogens with one attached hydrogen (secondary N) is 1. The molecule has 2 rings (SSSR count). The monoisotopic (exact) mass is 275 g/mol. The van der Waals surface area contributed by atoms with Crippen molar-refractivity contribution in [1.29, 1.82) is 0 Å². The number of amides is 1. The number of carbonyl (C=O) groups excluding carboxylic acids is 1. The van der Waals surface area contributed by atoms with Crippen molar-refractivity contribution in [1.82, 2.24) is 5.32 Å². The van der Waals surface area contributed by atoms with Crippen molar-refractivity contribution < 1.29 is 9.90 Å². The molecule has 0 aliphatic heterocycles. The molecule has 1 atom stereocenters. The Morgan fingerprint density at radius 3 is 2.45 bits per heavy atom. The van der Waals surface area contributed by atoms with Crippen LogP contribution in [0.5, 0.6) is 0 Å². The molecule has 3 nitrogen and oxygen atoms in total. The summed E-state index contributed by atoms with van der Waals surface area (Å²) in [7, 11) is 0. The molecule has 3 heteroatoms. The highest BCUT2D eigenvalue weighted by Crippen LogP contribution is 2.35. The Kier molecular flexibility index (Phi) is 5.60. The highest BCUT2D eigenvalue weighted by Gasteiger charge is 2.27. The van der Waals surface area contributed by atoms with Gasteiger partial charge >= 0.3 is 0 Å². The van der Waals surface area contributed by atoms with E-state index in [4.69, 9.17) is 5.11 Å². The molecule has 0 radical (unpaired) electrons. The van der Waals surface area contributed by atoms with Crippen LogP contribution in [0.15, 0.2) is 30.3 Å². The normalized spacial score (nSPS) is 24.1. The second-order valence-electron chi connectivity index (χ2n) is 5.76. The fraction of sp³-hybridized carbons (Fsp3) is 0.588. The van der Waals surface area contributed by atoms with E-state index in [1.54, 1.807) is 0 Å². The molecule has 1 aromatic rings. The molecular formula is C17H25NO2. The number of aliphatic hydroxyl groups excluding tert-OH is 1. The van der Waals surface area contributed by atoms with Gasteiger partial charge in [0, 0.05) is 5.92 Å². The topological polar surface area (TPSA) is 49.3 Å². The minimum absolute atomic E-state index is 0.0294. The van der Waals surface area contributed by atoms with Gasteiger partial charge in [0.1, 0.15) is 0 Å². The summed E-state index contributed by atoms with van der Waals surface area (Å²) in [5, 5.41) is 12.1. The second-order valence-corrected chi connectivity index (χ2v) is 5.76. The van der Waals surface area contributed by atoms with Crippen LogP contribution in [-0.4, -0.2) is 23.7 Å². The molecular weight excluding hydrogens is 250 g/mol. The minimum Gasteiger partial charge on any atom is -0.394 e. The van der Waals surface area contributed by atoms with Gasteiger partial charge in [0.25, 0.3) is 0 Å². The third-order valence-electron chi connectivity index (χ3n) is 4.43. The van der Waals surface area contributed by atoms with Crippen LogP contribution in [0.1, 0.15) is 50.5 Å². The molecule has 0 heterocycles. The van der Waals surface area contributed by atoms with Crippen molar-refractivity contribution in [2.75, 3.05) is 6.61 Å². The highest BCUT2D eigenvalue weighted by atomic mass is 16.3. The van der Waals surface area contributed by atoms with Gasteiger partial charge < -0.3 is 10.4 Å². The number of carbonyl (C=O) groups is 1. The highest BCUT2D eigenvalue weighted by molar-refractivity contribution is 5.79. The van der Waals surface area contributed by atoms with Gasteiger partial charge in [0.05, 0.1) is 12.6 Å². The van der Waals surface area contributed by atoms with E-state index in [9.17, 15) is 4.79 Å². The standard InChI is InChI=1S/C17H25NO2/c1-2-16(12-19)18-17(20)15-10-8-14(9-11-15)13-6-4-3-5-7-13/h3-7,14-16,19H,2,8-12H2,1H3,(H,18,20). The fourth-order valence-corrected chi connectivity index (χ4v) is 3.01. The van der Waals surface area contributed by atoms with E-state index in [1.807, 2.05) is 13.0 Å². The lowest BCUT2D eigenvalue weighted by Crippen LogP contribution is -2.41. The van der Waals surface area contributed by atoms with Crippen molar-refractivity contribution >= 4 is 5.91 Å². The van der Waals surface area contributed by atoms with Gasteiger partial charge in [0.15, 0.2) is 0 Å². The van der Waals surface area contributed by atoms with Gasteiger partial charge in [-0.3, -0.25) is 4.79 Å². The summed E-state index contributed by atoms with van der Waals surface area (Å²) in [5.41, 5.74) is 1.40. The Hall–Kier alpha value is -1.35. The maximum atomic E-state index is 12.1. The van der Waals surface area contributed by atoms with E-state index in [0.29, 0.717) is 5.92 Å². The van der Waals surface area contributed by atoms with Crippen LogP contribution in [0.25, 0.3) is 0 Å². The summed E-state index contributed by atoms with van der Waals surface area (Å²) in [4.78, 5) is 12.1. The molecule has 2 N–H and O–H groups in total. The van der Waals surface area contributed by atoms with Gasteiger partial charge in [-0.1, -0.05) is 37.3 Å². The molecule has 1 saturated carbocycles. The van der Waals surface area contributed by atoms with Crippen LogP contribution in [0.3, 0.4) is 0 Å². The molecule has 1 amide bonds. The summed E-state index contributed by atoms with van der Waals surface area (Å²) in [5.74, 6) is 0.841. The Morgan fingerprint density at radius 1 is 1.25 bits per heavy atom. The third kappa shape index (κ3) is 3.83. The lowest BCUT2D eigenvalue weighted by atomic mass is 9.78. The lowest BCUT2D eigenvalue weighted by Gasteiger charge is -2.29. The fourth-order valence-electron chi connectivity index (χ4n) is 3.01. The average Bonchev–Trinajstić information content (AvgIpc) is 2.53. The van der Waals surface area contributed by atoms with Crippen molar-refractivity contribution in [2.24, 2.45) is 5.92 Å². The maximum Gasteiger partial charge on any atom is 0.223 e. The van der Waals surface area contributed by atoms with E-state index in [0.717, 1.165) is 32.1 Å². The largest absolute Gasteiger partial charge is 0.394 e. The molecule has 0 bridgehead atoms. The van der Waals surface area contributed by atoms with Gasteiger partial charge in [0.2, 0.25) is 5.91 Å². The summed E-state index contributed by atoms with van der Waals surface area (Å²) >= 11 is 0. The van der Waals surface area contributed by atoms with Gasteiger partial charge in [-0.15, -0.1) is 0 Å². The first kappa shape index (κ1) is 15.0. The number of rotatable bonds is 5. The van der Waals surface area contributed by atoms with Crippen LogP contribution >= 0.6 is 0 Å². The average molecular weight is 275 g/mol. The zero-order valence-electron chi connectivity index (χ0n) is 12.2. The van der Waals surface area contributed by atoms with Crippen molar-refractivity contribution in [2.45, 2.75) is 51.0 Å². The summed E-state index contributed by atoms with van der Waals surface area (Å²) in [6.07, 6.45) is 4.85. The van der Waals surface area contributed by atoms with Crippen LogP contribution in [0.2, 0.25) is 0 Å². The molecule has 1 aliphatic carbocycles. The molecule has 1 unspecified atom stereocenters. The molecule has 0 saturated heterocycles. The Bertz CT molecular complexity index is 406. The summed E-state index contributed by atoms with van der Waals surface area (Å²) < 4.78 is 0. The van der Waals surface area contributed by atoms with E-state index >= 15 is 0 Å². The first-order chi connectivity index (χ1) is 9.74. The van der Waals surface area contributed by atoms with Crippen LogP contribution in [-0.2, 0) is 4.79 Å². The molecule has 0 aromatic heterocycles. The maximum absolute atomic E-state index is 12.1. The predicted octanol–water partition coefficient (Wildman–Crippen LogP) is 2.85. The molecule has 1 fully saturated rings. The quantitative estimate of drug-likeness (QED) is 0.868. The molecule has 0 spiro atoms. The van der Waals surface area contributed by atoms with Crippen LogP contribution < -0.4 is 5.32 Å². The Balaban J connectivity index is 1.83. The van der Waals surface area contributed by atoms with Crippen LogP contribution in [0.4, 0.5) is 0 Å². The van der Waals surface area contributed by atoms with Crippen molar-refractivity contribution in [3.05, 3.63) is 35.9 Å². The number of hydrogen-bond acceptors (Lipinski definition) is 2. The number of aliphatic hydroxyl groups is 1. The minimum atomic E-state index is -0.0886. The first-order valence-corrected chi connectivity index (χ1v) is 7.70. The Morgan fingerprint density at radius 2 is 1.90 bits per heavy atom. The van der Waals surface area contributed by atoms with E-state index < -0.39 is 0 Å². The zero-order chi connectivity index (χ0) is 14.4. The zero-order valence-corrected chi connectivity index (χ0v) is 12.2. The first-order valence-electron chi connectivity index (χ1n) is 7.70. The predicted molar refractivity (Wildman–Crippen MR) is 80.4 cm³/mol. The van der Waals surface area contributed by atoms with E-state index in [2.05, 4.69) is 29.6 Å². The summed E-state index contributed by atoms with van der Waals surface area (Å²) in [6.45, 7) is 2.01. The second kappa shape index (κ2) is 7.44. The Labute approximate surface area is 121 Å². The van der Waals surface area contributed by atoms with E-state index in [-0.39, 0.29) is 24.5 Å². The van der Waals surface area contributed by atoms with Crippen LogP contribution in [0, 0.1) is 5.92 Å². The number of benzene rings is 1. The van der Waals surface area contributed by atoms with Crippen molar-refractivity contribution in [3.8, 4) is 0 Å². The molecule has 20 heavy (non-hydrogen) atoms. The molecule has 1 aromatic carbocycles. The summed E-state index contributed by atoms with van der Waals surface area (Å²) in [6, 6.07) is 10.5.